The number of halogens is 3. The van der Waals surface area contributed by atoms with Crippen LogP contribution in [0.1, 0.15) is 41.2 Å². The SMILES string of the molecule is CCN(CC)C(=O)c1cccc(NC(=O)N2CCc3[nH]nc(C(F)(F)F)c3C2)c1. The molecule has 0 atom stereocenters. The molecule has 156 valence electrons. The highest BCUT2D eigenvalue weighted by Crippen LogP contribution is 2.34. The highest BCUT2D eigenvalue weighted by atomic mass is 19.4. The van der Waals surface area contributed by atoms with Crippen molar-refractivity contribution >= 4 is 17.6 Å². The second kappa shape index (κ2) is 8.14. The summed E-state index contributed by atoms with van der Waals surface area (Å²) in [5.74, 6) is -0.151. The Morgan fingerprint density at radius 1 is 1.28 bits per heavy atom. The second-order valence-corrected chi connectivity index (χ2v) is 6.69. The maximum atomic E-state index is 13.1. The highest BCUT2D eigenvalue weighted by Gasteiger charge is 2.39. The lowest BCUT2D eigenvalue weighted by atomic mass is 10.1. The second-order valence-electron chi connectivity index (χ2n) is 6.69. The Balaban J connectivity index is 1.73. The number of amides is 3. The molecule has 1 aromatic carbocycles. The van der Waals surface area contributed by atoms with Gasteiger partial charge in [0.05, 0.1) is 6.54 Å². The van der Waals surface area contributed by atoms with Crippen LogP contribution in [-0.2, 0) is 19.1 Å². The number of hydrogen-bond donors (Lipinski definition) is 2. The Hall–Kier alpha value is -3.04. The molecule has 1 aliphatic rings. The summed E-state index contributed by atoms with van der Waals surface area (Å²) < 4.78 is 39.3. The molecule has 29 heavy (non-hydrogen) atoms. The molecule has 0 fully saturated rings. The van der Waals surface area contributed by atoms with Gasteiger partial charge in [-0.1, -0.05) is 6.07 Å². The van der Waals surface area contributed by atoms with E-state index in [0.29, 0.717) is 30.0 Å². The third kappa shape index (κ3) is 4.36. The van der Waals surface area contributed by atoms with Crippen molar-refractivity contribution in [3.8, 4) is 0 Å². The number of hydrogen-bond acceptors (Lipinski definition) is 3. The first-order chi connectivity index (χ1) is 13.7. The molecule has 2 aromatic rings. The molecule has 10 heteroatoms. The van der Waals surface area contributed by atoms with Gasteiger partial charge in [0.15, 0.2) is 5.69 Å². The van der Waals surface area contributed by atoms with Gasteiger partial charge in [-0.3, -0.25) is 9.89 Å². The lowest BCUT2D eigenvalue weighted by Gasteiger charge is -2.27. The molecule has 0 unspecified atom stereocenters. The van der Waals surface area contributed by atoms with Crippen LogP contribution in [0.15, 0.2) is 24.3 Å². The fourth-order valence-electron chi connectivity index (χ4n) is 3.33. The molecular formula is C19H22F3N5O2. The van der Waals surface area contributed by atoms with Gasteiger partial charge in [-0.2, -0.15) is 18.3 Å². The fourth-order valence-corrected chi connectivity index (χ4v) is 3.33. The number of urea groups is 1. The van der Waals surface area contributed by atoms with E-state index in [-0.39, 0.29) is 31.0 Å². The molecule has 0 radical (unpaired) electrons. The average molecular weight is 409 g/mol. The van der Waals surface area contributed by atoms with Crippen molar-refractivity contribution in [2.75, 3.05) is 25.0 Å². The van der Waals surface area contributed by atoms with Crippen LogP contribution in [0.3, 0.4) is 0 Å². The van der Waals surface area contributed by atoms with Gasteiger partial charge in [-0.25, -0.2) is 4.79 Å². The third-order valence-electron chi connectivity index (χ3n) is 4.90. The molecule has 7 nitrogen and oxygen atoms in total. The van der Waals surface area contributed by atoms with Crippen LogP contribution < -0.4 is 5.32 Å². The predicted octanol–water partition coefficient (Wildman–Crippen LogP) is 3.50. The van der Waals surface area contributed by atoms with Crippen molar-refractivity contribution in [2.24, 2.45) is 0 Å². The number of benzene rings is 1. The first kappa shape index (κ1) is 20.7. The lowest BCUT2D eigenvalue weighted by Crippen LogP contribution is -2.39. The standard InChI is InChI=1S/C19H22F3N5O2/c1-3-26(4-2)17(28)12-6-5-7-13(10-12)23-18(29)27-9-8-15-14(11-27)16(25-24-15)19(20,21)22/h5-7,10H,3-4,8-9,11H2,1-2H3,(H,23,29)(H,24,25). The van der Waals surface area contributed by atoms with Crippen molar-refractivity contribution in [1.82, 2.24) is 20.0 Å². The van der Waals surface area contributed by atoms with Gasteiger partial charge in [0.1, 0.15) is 0 Å². The number of alkyl halides is 3. The molecule has 0 saturated heterocycles. The van der Waals surface area contributed by atoms with Crippen LogP contribution in [0.2, 0.25) is 0 Å². The lowest BCUT2D eigenvalue weighted by molar-refractivity contribution is -0.142. The quantitative estimate of drug-likeness (QED) is 0.811. The molecule has 3 amide bonds. The van der Waals surface area contributed by atoms with Gasteiger partial charge in [-0.15, -0.1) is 0 Å². The van der Waals surface area contributed by atoms with Crippen molar-refractivity contribution in [2.45, 2.75) is 33.0 Å². The number of aromatic amines is 1. The van der Waals surface area contributed by atoms with Gasteiger partial charge in [0.2, 0.25) is 0 Å². The summed E-state index contributed by atoms with van der Waals surface area (Å²) in [6, 6.07) is 5.97. The van der Waals surface area contributed by atoms with Crippen LogP contribution in [0.25, 0.3) is 0 Å². The summed E-state index contributed by atoms with van der Waals surface area (Å²) in [4.78, 5) is 28.0. The maximum Gasteiger partial charge on any atom is 0.435 e. The van der Waals surface area contributed by atoms with Crippen LogP contribution >= 0.6 is 0 Å². The highest BCUT2D eigenvalue weighted by molar-refractivity contribution is 5.97. The van der Waals surface area contributed by atoms with Crippen molar-refractivity contribution < 1.29 is 22.8 Å². The normalized spacial score (nSPS) is 13.8. The molecule has 1 aromatic heterocycles. The Kier molecular flexibility index (Phi) is 5.81. The first-order valence-corrected chi connectivity index (χ1v) is 9.33. The van der Waals surface area contributed by atoms with Crippen LogP contribution in [0, 0.1) is 0 Å². The van der Waals surface area contributed by atoms with Crippen molar-refractivity contribution in [1.29, 1.82) is 0 Å². The van der Waals surface area contributed by atoms with Gasteiger partial charge < -0.3 is 15.1 Å². The van der Waals surface area contributed by atoms with Gasteiger partial charge >= 0.3 is 12.2 Å². The van der Waals surface area contributed by atoms with E-state index in [9.17, 15) is 22.8 Å². The van der Waals surface area contributed by atoms with E-state index in [0.717, 1.165) is 0 Å². The molecule has 0 spiro atoms. The van der Waals surface area contributed by atoms with E-state index < -0.39 is 17.9 Å². The molecule has 0 saturated carbocycles. The minimum atomic E-state index is -4.58. The Bertz CT molecular complexity index is 905. The van der Waals surface area contributed by atoms with Crippen molar-refractivity contribution in [3.05, 3.63) is 46.8 Å². The summed E-state index contributed by atoms with van der Waals surface area (Å²) in [5.41, 5.74) is 0.234. The largest absolute Gasteiger partial charge is 0.435 e. The van der Waals surface area contributed by atoms with Gasteiger partial charge in [0.25, 0.3) is 5.91 Å². The van der Waals surface area contributed by atoms with E-state index >= 15 is 0 Å². The number of rotatable bonds is 4. The van der Waals surface area contributed by atoms with E-state index in [4.69, 9.17) is 0 Å². The molecule has 0 aliphatic carbocycles. The molecule has 1 aliphatic heterocycles. The average Bonchev–Trinajstić information content (AvgIpc) is 3.12. The zero-order valence-electron chi connectivity index (χ0n) is 16.1. The zero-order valence-corrected chi connectivity index (χ0v) is 16.1. The number of carbonyl (C=O) groups is 2. The Morgan fingerprint density at radius 3 is 2.66 bits per heavy atom. The summed E-state index contributed by atoms with van der Waals surface area (Å²) in [7, 11) is 0. The minimum Gasteiger partial charge on any atom is -0.339 e. The molecule has 2 N–H and O–H groups in total. The smallest absolute Gasteiger partial charge is 0.339 e. The zero-order chi connectivity index (χ0) is 21.2. The van der Waals surface area contributed by atoms with E-state index in [1.54, 1.807) is 29.2 Å². The van der Waals surface area contributed by atoms with Crippen molar-refractivity contribution in [3.63, 3.8) is 0 Å². The van der Waals surface area contributed by atoms with Crippen LogP contribution in [-0.4, -0.2) is 51.6 Å². The van der Waals surface area contributed by atoms with E-state index in [1.807, 2.05) is 13.8 Å². The van der Waals surface area contributed by atoms with Crippen LogP contribution in [0.4, 0.5) is 23.7 Å². The Labute approximate surface area is 165 Å². The number of aromatic nitrogens is 2. The Morgan fingerprint density at radius 2 is 2.00 bits per heavy atom. The number of anilines is 1. The predicted molar refractivity (Wildman–Crippen MR) is 100 cm³/mol. The molecule has 0 bridgehead atoms. The third-order valence-corrected chi connectivity index (χ3v) is 4.90. The monoisotopic (exact) mass is 409 g/mol. The van der Waals surface area contributed by atoms with E-state index in [2.05, 4.69) is 15.5 Å². The number of fused-ring (bicyclic) bond motifs is 1. The molecule has 2 heterocycles. The molecule has 3 rings (SSSR count). The van der Waals surface area contributed by atoms with E-state index in [1.165, 1.54) is 4.90 Å². The first-order valence-electron chi connectivity index (χ1n) is 9.33. The van der Waals surface area contributed by atoms with Gasteiger partial charge in [0, 0.05) is 48.6 Å². The summed E-state index contributed by atoms with van der Waals surface area (Å²) in [6.45, 7) is 4.95. The number of H-pyrrole nitrogens is 1. The summed E-state index contributed by atoms with van der Waals surface area (Å²) >= 11 is 0. The number of carbonyl (C=O) groups excluding carboxylic acids is 2. The summed E-state index contributed by atoms with van der Waals surface area (Å²) in [6.07, 6.45) is -4.32. The molecular weight excluding hydrogens is 387 g/mol. The topological polar surface area (TPSA) is 81.3 Å². The fraction of sp³-hybridized carbons (Fsp3) is 0.421. The van der Waals surface area contributed by atoms with Gasteiger partial charge in [-0.05, 0) is 32.0 Å². The minimum absolute atomic E-state index is 0.00985. The van der Waals surface area contributed by atoms with Crippen LogP contribution in [0.5, 0.6) is 0 Å². The summed E-state index contributed by atoms with van der Waals surface area (Å²) in [5, 5.41) is 8.44. The maximum absolute atomic E-state index is 13.1. The number of nitrogens with one attached hydrogen (secondary N) is 2. The number of nitrogens with zero attached hydrogens (tertiary/aromatic N) is 3.